The molecule has 5 nitrogen and oxygen atoms in total. The van der Waals surface area contributed by atoms with Gasteiger partial charge in [-0.1, -0.05) is 6.07 Å². The molecule has 1 aromatic carbocycles. The van der Waals surface area contributed by atoms with Gasteiger partial charge in [-0.25, -0.2) is 4.98 Å². The third-order valence-corrected chi connectivity index (χ3v) is 5.67. The van der Waals surface area contributed by atoms with E-state index in [0.717, 1.165) is 11.3 Å². The number of nitrogens with one attached hydrogen (secondary N) is 1. The number of rotatable bonds is 7. The maximum absolute atomic E-state index is 12.1. The summed E-state index contributed by atoms with van der Waals surface area (Å²) in [5.41, 5.74) is 3.46. The summed E-state index contributed by atoms with van der Waals surface area (Å²) in [6, 6.07) is 6.45. The van der Waals surface area contributed by atoms with Crippen LogP contribution in [-0.2, 0) is 33.6 Å². The van der Waals surface area contributed by atoms with Crippen LogP contribution in [0.2, 0.25) is 0 Å². The van der Waals surface area contributed by atoms with Crippen LogP contribution < -0.4 is 5.32 Å². The van der Waals surface area contributed by atoms with E-state index in [1.54, 1.807) is 12.3 Å². The fraction of sp³-hybridized carbons (Fsp3) is 0.389. The zero-order chi connectivity index (χ0) is 17.6. The quantitative estimate of drug-likeness (QED) is 0.592. The van der Waals surface area contributed by atoms with Crippen LogP contribution in [0.25, 0.3) is 0 Å². The lowest BCUT2D eigenvalue weighted by Crippen LogP contribution is -2.14. The molecule has 1 aliphatic carbocycles. The van der Waals surface area contributed by atoms with E-state index in [1.165, 1.54) is 47.1 Å². The third-order valence-electron chi connectivity index (χ3n) is 3.87. The minimum absolute atomic E-state index is 0.0949. The number of thiazole rings is 1. The number of esters is 1. The van der Waals surface area contributed by atoms with Gasteiger partial charge in [-0.3, -0.25) is 9.59 Å². The summed E-state index contributed by atoms with van der Waals surface area (Å²) in [6.45, 7) is 2.12. The number of carbonyl (C=O) groups is 2. The zero-order valence-electron chi connectivity index (χ0n) is 14.0. The Bertz CT molecular complexity index is 773. The van der Waals surface area contributed by atoms with Gasteiger partial charge in [-0.15, -0.1) is 23.1 Å². The molecular weight excluding hydrogens is 356 g/mol. The monoisotopic (exact) mass is 376 g/mol. The Labute approximate surface area is 155 Å². The first-order valence-electron chi connectivity index (χ1n) is 8.28. The van der Waals surface area contributed by atoms with Crippen LogP contribution in [0.3, 0.4) is 0 Å². The molecule has 0 radical (unpaired) electrons. The van der Waals surface area contributed by atoms with Gasteiger partial charge in [0.25, 0.3) is 0 Å². The Balaban J connectivity index is 1.48. The van der Waals surface area contributed by atoms with Crippen LogP contribution in [0, 0.1) is 0 Å². The molecule has 0 saturated heterocycles. The fourth-order valence-electron chi connectivity index (χ4n) is 2.75. The molecule has 0 bridgehead atoms. The number of fused-ring (bicyclic) bond motifs is 1. The molecule has 0 aliphatic heterocycles. The molecule has 1 aliphatic rings. The second-order valence-electron chi connectivity index (χ2n) is 5.75. The lowest BCUT2D eigenvalue weighted by molar-refractivity contribution is -0.142. The Morgan fingerprint density at radius 3 is 3.00 bits per heavy atom. The number of hydrogen-bond donors (Lipinski definition) is 1. The van der Waals surface area contributed by atoms with Gasteiger partial charge in [-0.05, 0) is 49.4 Å². The second-order valence-corrected chi connectivity index (χ2v) is 7.65. The maximum Gasteiger partial charge on any atom is 0.311 e. The number of ether oxygens (including phenoxy) is 1. The van der Waals surface area contributed by atoms with E-state index in [9.17, 15) is 9.59 Å². The van der Waals surface area contributed by atoms with Crippen molar-refractivity contribution in [3.05, 3.63) is 40.4 Å². The van der Waals surface area contributed by atoms with Crippen LogP contribution in [0.5, 0.6) is 0 Å². The van der Waals surface area contributed by atoms with Crippen molar-refractivity contribution < 1.29 is 14.3 Å². The first-order valence-corrected chi connectivity index (χ1v) is 10.1. The van der Waals surface area contributed by atoms with E-state index in [2.05, 4.69) is 28.5 Å². The Hall–Kier alpha value is -1.86. The van der Waals surface area contributed by atoms with Crippen molar-refractivity contribution >= 4 is 40.1 Å². The molecular formula is C18H20N2O3S2. The van der Waals surface area contributed by atoms with Crippen molar-refractivity contribution in [1.82, 2.24) is 4.98 Å². The lowest BCUT2D eigenvalue weighted by Gasteiger charge is -2.05. The molecule has 1 aromatic heterocycles. The van der Waals surface area contributed by atoms with Crippen LogP contribution in [0.4, 0.5) is 5.13 Å². The van der Waals surface area contributed by atoms with Gasteiger partial charge < -0.3 is 10.1 Å². The smallest absolute Gasteiger partial charge is 0.311 e. The molecule has 0 fully saturated rings. The Morgan fingerprint density at radius 1 is 1.32 bits per heavy atom. The highest BCUT2D eigenvalue weighted by molar-refractivity contribution is 8.00. The molecule has 0 atom stereocenters. The first-order chi connectivity index (χ1) is 12.1. The van der Waals surface area contributed by atoms with Crippen molar-refractivity contribution in [2.24, 2.45) is 0 Å². The largest absolute Gasteiger partial charge is 0.466 e. The van der Waals surface area contributed by atoms with Crippen molar-refractivity contribution in [1.29, 1.82) is 0 Å². The average molecular weight is 377 g/mol. The Morgan fingerprint density at radius 2 is 2.16 bits per heavy atom. The number of thioether (sulfide) groups is 1. The molecule has 1 amide bonds. The number of benzene rings is 1. The van der Waals surface area contributed by atoms with Crippen molar-refractivity contribution in [3.8, 4) is 0 Å². The van der Waals surface area contributed by atoms with Crippen LogP contribution in [0.15, 0.2) is 28.5 Å². The minimum Gasteiger partial charge on any atom is -0.466 e. The highest BCUT2D eigenvalue weighted by atomic mass is 32.2. The fourth-order valence-corrected chi connectivity index (χ4v) is 4.23. The number of amides is 1. The second kappa shape index (κ2) is 8.49. The van der Waals surface area contributed by atoms with E-state index in [4.69, 9.17) is 4.74 Å². The summed E-state index contributed by atoms with van der Waals surface area (Å²) in [5, 5.41) is 5.06. The maximum atomic E-state index is 12.1. The van der Waals surface area contributed by atoms with Gasteiger partial charge >= 0.3 is 5.97 Å². The van der Waals surface area contributed by atoms with Crippen molar-refractivity contribution in [2.45, 2.75) is 37.5 Å². The van der Waals surface area contributed by atoms with Gasteiger partial charge in [0.05, 0.1) is 24.5 Å². The summed E-state index contributed by atoms with van der Waals surface area (Å²) in [6.07, 6.45) is 3.66. The molecule has 2 aromatic rings. The van der Waals surface area contributed by atoms with Gasteiger partial charge in [0.1, 0.15) is 0 Å². The van der Waals surface area contributed by atoms with Crippen LogP contribution in [0.1, 0.15) is 30.2 Å². The number of hydrogen-bond acceptors (Lipinski definition) is 6. The predicted octanol–water partition coefficient (Wildman–Crippen LogP) is 3.47. The van der Waals surface area contributed by atoms with Gasteiger partial charge in [0.2, 0.25) is 5.91 Å². The number of anilines is 1. The van der Waals surface area contributed by atoms with Crippen molar-refractivity contribution in [2.75, 3.05) is 17.7 Å². The van der Waals surface area contributed by atoms with Gasteiger partial charge in [0, 0.05) is 10.3 Å². The van der Waals surface area contributed by atoms with E-state index in [1.807, 2.05) is 0 Å². The standard InChI is InChI=1S/C18H20N2O3S2/c1-2-23-17(22)9-14-10-25-18(19-14)20-16(21)11-24-15-7-6-12-4-3-5-13(12)8-15/h6-8,10H,2-5,9,11H2,1H3,(H,19,20,21). The van der Waals surface area contributed by atoms with E-state index < -0.39 is 0 Å². The summed E-state index contributed by atoms with van der Waals surface area (Å²) in [4.78, 5) is 28.9. The van der Waals surface area contributed by atoms with Crippen molar-refractivity contribution in [3.63, 3.8) is 0 Å². The summed E-state index contributed by atoms with van der Waals surface area (Å²) >= 11 is 2.84. The first kappa shape index (κ1) is 17.9. The summed E-state index contributed by atoms with van der Waals surface area (Å²) in [5.74, 6) is -0.0636. The number of aromatic nitrogens is 1. The lowest BCUT2D eigenvalue weighted by atomic mass is 10.1. The molecule has 0 unspecified atom stereocenters. The molecule has 7 heteroatoms. The van der Waals surface area contributed by atoms with E-state index in [-0.39, 0.29) is 18.3 Å². The molecule has 0 spiro atoms. The molecule has 132 valence electrons. The van der Waals surface area contributed by atoms with Gasteiger partial charge in [0.15, 0.2) is 5.13 Å². The molecule has 0 saturated carbocycles. The highest BCUT2D eigenvalue weighted by Crippen LogP contribution is 2.27. The highest BCUT2D eigenvalue weighted by Gasteiger charge is 2.13. The normalized spacial score (nSPS) is 12.7. The molecule has 3 rings (SSSR count). The van der Waals surface area contributed by atoms with Gasteiger partial charge in [-0.2, -0.15) is 0 Å². The average Bonchev–Trinajstić information content (AvgIpc) is 3.22. The molecule has 1 heterocycles. The minimum atomic E-state index is -0.308. The molecule has 1 N–H and O–H groups in total. The predicted molar refractivity (Wildman–Crippen MR) is 100 cm³/mol. The Kier molecular flexibility index (Phi) is 6.09. The summed E-state index contributed by atoms with van der Waals surface area (Å²) in [7, 11) is 0. The number of nitrogens with zero attached hydrogens (tertiary/aromatic N) is 1. The van der Waals surface area contributed by atoms with E-state index >= 15 is 0 Å². The van der Waals surface area contributed by atoms with Crippen LogP contribution >= 0.6 is 23.1 Å². The topological polar surface area (TPSA) is 68.3 Å². The van der Waals surface area contributed by atoms with E-state index in [0.29, 0.717) is 23.2 Å². The zero-order valence-corrected chi connectivity index (χ0v) is 15.7. The number of carbonyl (C=O) groups excluding carboxylic acids is 2. The molecule has 25 heavy (non-hydrogen) atoms. The van der Waals surface area contributed by atoms with Crippen LogP contribution in [-0.4, -0.2) is 29.2 Å². The third kappa shape index (κ3) is 5.06. The SMILES string of the molecule is CCOC(=O)Cc1csc(NC(=O)CSc2ccc3c(c2)CCC3)n1. The number of aryl methyl sites for hydroxylation is 2. The summed E-state index contributed by atoms with van der Waals surface area (Å²) < 4.78 is 4.89.